The molecule has 0 spiro atoms. The average Bonchev–Trinajstić information content (AvgIpc) is 3.45. The van der Waals surface area contributed by atoms with Gasteiger partial charge in [-0.2, -0.15) is 0 Å². The Hall–Kier alpha value is -3.01. The lowest BCUT2D eigenvalue weighted by Gasteiger charge is -2.33. The van der Waals surface area contributed by atoms with Gasteiger partial charge in [-0.05, 0) is 42.7 Å². The van der Waals surface area contributed by atoms with Crippen molar-refractivity contribution in [2.75, 3.05) is 19.6 Å². The third-order valence-electron chi connectivity index (χ3n) is 6.38. The van der Waals surface area contributed by atoms with Gasteiger partial charge in [0.15, 0.2) is 0 Å². The molecule has 1 aliphatic heterocycles. The molecule has 1 aromatic heterocycles. The number of sulfonamides is 1. The maximum Gasteiger partial charge on any atom is 0.240 e. The van der Waals surface area contributed by atoms with Crippen LogP contribution in [0.25, 0.3) is 11.5 Å². The van der Waals surface area contributed by atoms with E-state index in [-0.39, 0.29) is 17.0 Å². The Morgan fingerprint density at radius 3 is 2.43 bits per heavy atom. The van der Waals surface area contributed by atoms with Crippen molar-refractivity contribution in [3.63, 3.8) is 0 Å². The first-order valence-electron chi connectivity index (χ1n) is 12.1. The first-order valence-corrected chi connectivity index (χ1v) is 13.5. The number of rotatable bonds is 6. The number of benzene rings is 2. The fourth-order valence-electron chi connectivity index (χ4n) is 4.48. The number of oxazole rings is 1. The molecule has 35 heavy (non-hydrogen) atoms. The topological polar surface area (TPSA) is 105 Å². The molecule has 1 amide bonds. The van der Waals surface area contributed by atoms with Gasteiger partial charge in [-0.3, -0.25) is 4.79 Å². The summed E-state index contributed by atoms with van der Waals surface area (Å²) in [5.74, 6) is 0.485. The van der Waals surface area contributed by atoms with Crippen LogP contribution in [-0.4, -0.2) is 50.4 Å². The molecular formula is C26H32N4O4S. The normalized spacial score (nSPS) is 19.0. The van der Waals surface area contributed by atoms with Crippen LogP contribution in [-0.2, 0) is 14.8 Å². The standard InChI is InChI=1S/C15H18N2O3S.C11H14N2O/c18-21(19,17-13-4-2-1-3-5-13)14-8-6-12(7-9-14)15-16-10-11-20-15;14-9-13-7-6-12-8-11(13)10-4-2-1-3-5-10/h6-11,13,17H,1-5H2;1-5,9,11-12H,6-8H2/t;11-/m.1/s1. The van der Waals surface area contributed by atoms with Crippen LogP contribution >= 0.6 is 0 Å². The number of carbonyl (C=O) groups excluding carboxylic acids is 1. The van der Waals surface area contributed by atoms with Crippen LogP contribution in [0.4, 0.5) is 0 Å². The van der Waals surface area contributed by atoms with Crippen LogP contribution in [0.2, 0.25) is 0 Å². The van der Waals surface area contributed by atoms with Gasteiger partial charge in [0, 0.05) is 31.2 Å². The predicted molar refractivity (Wildman–Crippen MR) is 134 cm³/mol. The molecule has 2 aliphatic rings. The van der Waals surface area contributed by atoms with Crippen molar-refractivity contribution in [2.45, 2.75) is 49.1 Å². The van der Waals surface area contributed by atoms with Gasteiger partial charge in [-0.25, -0.2) is 18.1 Å². The van der Waals surface area contributed by atoms with Crippen LogP contribution in [0.3, 0.4) is 0 Å². The summed E-state index contributed by atoms with van der Waals surface area (Å²) < 4.78 is 32.7. The molecule has 5 rings (SSSR count). The molecule has 2 fully saturated rings. The van der Waals surface area contributed by atoms with E-state index >= 15 is 0 Å². The van der Waals surface area contributed by atoms with Crippen LogP contribution in [0, 0.1) is 0 Å². The maximum atomic E-state index is 12.3. The highest BCUT2D eigenvalue weighted by atomic mass is 32.2. The highest BCUT2D eigenvalue weighted by Gasteiger charge is 2.22. The van der Waals surface area contributed by atoms with Crippen molar-refractivity contribution in [2.24, 2.45) is 0 Å². The SMILES string of the molecule is O=CN1CCNC[C@@H]1c1ccccc1.O=S(=O)(NC1CCCCC1)c1ccc(-c2ncco2)cc1. The Morgan fingerprint density at radius 2 is 1.77 bits per heavy atom. The van der Waals surface area contributed by atoms with Crippen molar-refractivity contribution in [3.8, 4) is 11.5 Å². The Bertz CT molecular complexity index is 1150. The van der Waals surface area contributed by atoms with E-state index < -0.39 is 10.0 Å². The van der Waals surface area contributed by atoms with Crippen LogP contribution in [0.5, 0.6) is 0 Å². The lowest BCUT2D eigenvalue weighted by molar-refractivity contribution is -0.121. The summed E-state index contributed by atoms with van der Waals surface area (Å²) in [5.41, 5.74) is 1.96. The zero-order valence-electron chi connectivity index (χ0n) is 19.7. The second-order valence-electron chi connectivity index (χ2n) is 8.79. The second kappa shape index (κ2) is 12.1. The molecule has 2 N–H and O–H groups in total. The monoisotopic (exact) mass is 496 g/mol. The van der Waals surface area contributed by atoms with Crippen molar-refractivity contribution in [3.05, 3.63) is 72.6 Å². The maximum absolute atomic E-state index is 12.3. The summed E-state index contributed by atoms with van der Waals surface area (Å²) >= 11 is 0. The fraction of sp³-hybridized carbons (Fsp3) is 0.385. The van der Waals surface area contributed by atoms with Crippen LogP contribution in [0.15, 0.2) is 76.4 Å². The van der Waals surface area contributed by atoms with Crippen molar-refractivity contribution < 1.29 is 17.6 Å². The summed E-state index contributed by atoms with van der Waals surface area (Å²) in [6.07, 6.45) is 9.23. The summed E-state index contributed by atoms with van der Waals surface area (Å²) in [5, 5.41) is 3.30. The molecule has 0 bridgehead atoms. The third kappa shape index (κ3) is 6.78. The first-order chi connectivity index (χ1) is 17.1. The van der Waals surface area contributed by atoms with E-state index in [4.69, 9.17) is 4.42 Å². The number of nitrogens with zero attached hydrogens (tertiary/aromatic N) is 2. The average molecular weight is 497 g/mol. The fourth-order valence-corrected chi connectivity index (χ4v) is 5.79. The van der Waals surface area contributed by atoms with E-state index in [2.05, 4.69) is 27.2 Å². The van der Waals surface area contributed by atoms with Gasteiger partial charge in [0.05, 0.1) is 17.1 Å². The van der Waals surface area contributed by atoms with Crippen molar-refractivity contribution in [1.29, 1.82) is 0 Å². The predicted octanol–water partition coefficient (Wildman–Crippen LogP) is 3.74. The molecular weight excluding hydrogens is 464 g/mol. The van der Waals surface area contributed by atoms with E-state index in [1.807, 2.05) is 23.1 Å². The number of hydrogen-bond donors (Lipinski definition) is 2. The van der Waals surface area contributed by atoms with Gasteiger partial charge >= 0.3 is 0 Å². The molecule has 1 aliphatic carbocycles. The largest absolute Gasteiger partial charge is 0.445 e. The lowest BCUT2D eigenvalue weighted by atomic mass is 9.96. The van der Waals surface area contributed by atoms with Gasteiger partial charge < -0.3 is 14.6 Å². The van der Waals surface area contributed by atoms with Crippen LogP contribution < -0.4 is 10.0 Å². The number of aromatic nitrogens is 1. The molecule has 2 aromatic carbocycles. The van der Waals surface area contributed by atoms with Gasteiger partial charge in [0.2, 0.25) is 22.3 Å². The molecule has 9 heteroatoms. The third-order valence-corrected chi connectivity index (χ3v) is 7.91. The number of hydrogen-bond acceptors (Lipinski definition) is 6. The Kier molecular flexibility index (Phi) is 8.68. The quantitative estimate of drug-likeness (QED) is 0.504. The van der Waals surface area contributed by atoms with E-state index in [1.54, 1.807) is 30.5 Å². The minimum atomic E-state index is -3.45. The van der Waals surface area contributed by atoms with Gasteiger partial charge in [-0.15, -0.1) is 0 Å². The Balaban J connectivity index is 0.000000179. The summed E-state index contributed by atoms with van der Waals surface area (Å²) in [4.78, 5) is 17.0. The molecule has 2 heterocycles. The zero-order chi connectivity index (χ0) is 24.5. The number of piperazine rings is 1. The number of nitrogens with one attached hydrogen (secondary N) is 2. The summed E-state index contributed by atoms with van der Waals surface area (Å²) in [7, 11) is -3.45. The van der Waals surface area contributed by atoms with Crippen molar-refractivity contribution in [1.82, 2.24) is 19.9 Å². The van der Waals surface area contributed by atoms with Gasteiger partial charge in [-0.1, -0.05) is 49.6 Å². The van der Waals surface area contributed by atoms with E-state index in [1.165, 1.54) is 18.2 Å². The van der Waals surface area contributed by atoms with E-state index in [0.29, 0.717) is 5.89 Å². The molecule has 0 unspecified atom stereocenters. The molecule has 1 atom stereocenters. The van der Waals surface area contributed by atoms with E-state index in [0.717, 1.165) is 57.3 Å². The number of amides is 1. The first kappa shape index (κ1) is 25.1. The lowest BCUT2D eigenvalue weighted by Crippen LogP contribution is -2.45. The Morgan fingerprint density at radius 1 is 1.03 bits per heavy atom. The smallest absolute Gasteiger partial charge is 0.240 e. The minimum absolute atomic E-state index is 0.0650. The molecule has 3 aromatic rings. The highest BCUT2D eigenvalue weighted by molar-refractivity contribution is 7.89. The molecule has 1 saturated heterocycles. The second-order valence-corrected chi connectivity index (χ2v) is 10.5. The van der Waals surface area contributed by atoms with Gasteiger partial charge in [0.25, 0.3) is 0 Å². The Labute approximate surface area is 206 Å². The molecule has 8 nitrogen and oxygen atoms in total. The zero-order valence-corrected chi connectivity index (χ0v) is 20.5. The summed E-state index contributed by atoms with van der Waals surface area (Å²) in [6.45, 7) is 2.54. The van der Waals surface area contributed by atoms with Crippen molar-refractivity contribution >= 4 is 16.4 Å². The van der Waals surface area contributed by atoms with Crippen LogP contribution in [0.1, 0.15) is 43.7 Å². The minimum Gasteiger partial charge on any atom is -0.445 e. The number of carbonyl (C=O) groups is 1. The summed E-state index contributed by atoms with van der Waals surface area (Å²) in [6, 6.07) is 17.0. The molecule has 0 radical (unpaired) electrons. The molecule has 1 saturated carbocycles. The highest BCUT2D eigenvalue weighted by Crippen LogP contribution is 2.23. The van der Waals surface area contributed by atoms with E-state index in [9.17, 15) is 13.2 Å². The van der Waals surface area contributed by atoms with Gasteiger partial charge in [0.1, 0.15) is 6.26 Å². The molecule has 186 valence electrons.